The smallest absolute Gasteiger partial charge is 0.316 e. The van der Waals surface area contributed by atoms with E-state index in [0.29, 0.717) is 12.3 Å². The summed E-state index contributed by atoms with van der Waals surface area (Å²) in [4.78, 5) is 11.1. The highest BCUT2D eigenvalue weighted by atomic mass is 16.5. The standard InChI is InChI=1S/C25H22N2O3/c1-29-22-11-8-18(9-12-22)19-5-2-4-17(14-19)16-30-24-7-3-6-20-15-21(27-25(26)28)10-13-23(20)24/h2-15H,16H2,1H3,(H3,26,27,28). The zero-order valence-electron chi connectivity index (χ0n) is 16.6. The molecule has 2 amide bonds. The van der Waals surface area contributed by atoms with Gasteiger partial charge >= 0.3 is 6.03 Å². The lowest BCUT2D eigenvalue weighted by molar-refractivity contribution is 0.259. The molecule has 4 rings (SSSR count). The maximum absolute atomic E-state index is 11.1. The van der Waals surface area contributed by atoms with Gasteiger partial charge in [0.05, 0.1) is 7.11 Å². The van der Waals surface area contributed by atoms with Crippen LogP contribution < -0.4 is 20.5 Å². The minimum Gasteiger partial charge on any atom is -0.497 e. The molecule has 30 heavy (non-hydrogen) atoms. The molecule has 0 saturated carbocycles. The number of hydrogen-bond acceptors (Lipinski definition) is 3. The van der Waals surface area contributed by atoms with Crippen molar-refractivity contribution in [3.63, 3.8) is 0 Å². The molecule has 3 N–H and O–H groups in total. The molecule has 0 bridgehead atoms. The van der Waals surface area contributed by atoms with Crippen molar-refractivity contribution in [3.8, 4) is 22.6 Å². The maximum Gasteiger partial charge on any atom is 0.316 e. The SMILES string of the molecule is COc1ccc(-c2cccc(COc3cccc4cc(NC(N)=O)ccc34)c2)cc1. The molecule has 5 heteroatoms. The highest BCUT2D eigenvalue weighted by molar-refractivity contribution is 5.95. The predicted molar refractivity (Wildman–Crippen MR) is 120 cm³/mol. The first kappa shape index (κ1) is 19.3. The van der Waals surface area contributed by atoms with E-state index in [-0.39, 0.29) is 0 Å². The number of carbonyl (C=O) groups excluding carboxylic acids is 1. The quantitative estimate of drug-likeness (QED) is 0.445. The van der Waals surface area contributed by atoms with Gasteiger partial charge in [-0.05, 0) is 64.5 Å². The molecule has 5 nitrogen and oxygen atoms in total. The molecule has 4 aromatic carbocycles. The average Bonchev–Trinajstić information content (AvgIpc) is 2.77. The molecule has 0 aliphatic carbocycles. The van der Waals surface area contributed by atoms with E-state index in [1.54, 1.807) is 7.11 Å². The average molecular weight is 398 g/mol. The van der Waals surface area contributed by atoms with E-state index in [1.807, 2.05) is 72.8 Å². The number of fused-ring (bicyclic) bond motifs is 1. The van der Waals surface area contributed by atoms with Gasteiger partial charge in [0.1, 0.15) is 18.1 Å². The van der Waals surface area contributed by atoms with Crippen molar-refractivity contribution >= 4 is 22.5 Å². The predicted octanol–water partition coefficient (Wildman–Crippen LogP) is 5.59. The Balaban J connectivity index is 1.53. The van der Waals surface area contributed by atoms with Gasteiger partial charge in [0, 0.05) is 11.1 Å². The van der Waals surface area contributed by atoms with Crippen LogP contribution in [0.2, 0.25) is 0 Å². The summed E-state index contributed by atoms with van der Waals surface area (Å²) >= 11 is 0. The van der Waals surface area contributed by atoms with Crippen molar-refractivity contribution in [3.05, 3.63) is 90.5 Å². The van der Waals surface area contributed by atoms with Gasteiger partial charge in [-0.3, -0.25) is 0 Å². The summed E-state index contributed by atoms with van der Waals surface area (Å²) in [7, 11) is 1.66. The molecule has 0 aliphatic rings. The van der Waals surface area contributed by atoms with Gasteiger partial charge in [-0.25, -0.2) is 4.79 Å². The lowest BCUT2D eigenvalue weighted by atomic mass is 10.0. The van der Waals surface area contributed by atoms with Gasteiger partial charge in [0.2, 0.25) is 0 Å². The minimum atomic E-state index is -0.585. The van der Waals surface area contributed by atoms with Crippen molar-refractivity contribution in [2.45, 2.75) is 6.61 Å². The highest BCUT2D eigenvalue weighted by Gasteiger charge is 2.06. The van der Waals surface area contributed by atoms with Gasteiger partial charge < -0.3 is 20.5 Å². The van der Waals surface area contributed by atoms with E-state index >= 15 is 0 Å². The van der Waals surface area contributed by atoms with Crippen molar-refractivity contribution < 1.29 is 14.3 Å². The highest BCUT2D eigenvalue weighted by Crippen LogP contribution is 2.29. The second kappa shape index (κ2) is 8.57. The van der Waals surface area contributed by atoms with Crippen LogP contribution in [-0.4, -0.2) is 13.1 Å². The molecule has 0 spiro atoms. The first-order chi connectivity index (χ1) is 14.6. The van der Waals surface area contributed by atoms with Crippen LogP contribution >= 0.6 is 0 Å². The van der Waals surface area contributed by atoms with Crippen molar-refractivity contribution in [2.24, 2.45) is 5.73 Å². The number of hydrogen-bond donors (Lipinski definition) is 2. The Hall–Kier alpha value is -3.99. The number of methoxy groups -OCH3 is 1. The van der Waals surface area contributed by atoms with Gasteiger partial charge in [0.15, 0.2) is 0 Å². The van der Waals surface area contributed by atoms with Crippen LogP contribution in [0.5, 0.6) is 11.5 Å². The molecule has 0 atom stereocenters. The molecule has 0 unspecified atom stereocenters. The Kier molecular flexibility index (Phi) is 5.52. The number of amides is 2. The van der Waals surface area contributed by atoms with E-state index in [4.69, 9.17) is 15.2 Å². The van der Waals surface area contributed by atoms with Crippen LogP contribution in [0.25, 0.3) is 21.9 Å². The number of carbonyl (C=O) groups is 1. The normalized spacial score (nSPS) is 10.6. The van der Waals surface area contributed by atoms with Crippen molar-refractivity contribution in [1.29, 1.82) is 0 Å². The van der Waals surface area contributed by atoms with Crippen molar-refractivity contribution in [1.82, 2.24) is 0 Å². The zero-order chi connectivity index (χ0) is 20.9. The summed E-state index contributed by atoms with van der Waals surface area (Å²) in [6, 6.07) is 27.1. The number of nitrogens with two attached hydrogens (primary N) is 1. The van der Waals surface area contributed by atoms with Crippen LogP contribution in [0.3, 0.4) is 0 Å². The lowest BCUT2D eigenvalue weighted by Gasteiger charge is -2.12. The molecule has 0 radical (unpaired) electrons. The second-order valence-corrected chi connectivity index (χ2v) is 6.90. The van der Waals surface area contributed by atoms with E-state index in [0.717, 1.165) is 39.0 Å². The van der Waals surface area contributed by atoms with E-state index < -0.39 is 6.03 Å². The molecule has 0 aromatic heterocycles. The molecule has 0 aliphatic heterocycles. The first-order valence-electron chi connectivity index (χ1n) is 9.58. The fourth-order valence-corrected chi connectivity index (χ4v) is 3.39. The minimum absolute atomic E-state index is 0.449. The molecule has 150 valence electrons. The summed E-state index contributed by atoms with van der Waals surface area (Å²) in [6.07, 6.45) is 0. The largest absolute Gasteiger partial charge is 0.497 e. The number of urea groups is 1. The Morgan fingerprint density at radius 2 is 1.70 bits per heavy atom. The Bertz CT molecular complexity index is 1190. The summed E-state index contributed by atoms with van der Waals surface area (Å²) in [5, 5.41) is 4.53. The number of rotatable bonds is 6. The Morgan fingerprint density at radius 3 is 2.47 bits per heavy atom. The zero-order valence-corrected chi connectivity index (χ0v) is 16.6. The van der Waals surface area contributed by atoms with Crippen LogP contribution in [0.4, 0.5) is 10.5 Å². The van der Waals surface area contributed by atoms with Gasteiger partial charge in [-0.2, -0.15) is 0 Å². The molecule has 0 fully saturated rings. The van der Waals surface area contributed by atoms with Gasteiger partial charge in [0.25, 0.3) is 0 Å². The lowest BCUT2D eigenvalue weighted by Crippen LogP contribution is -2.19. The van der Waals surface area contributed by atoms with Crippen LogP contribution in [0, 0.1) is 0 Å². The Labute approximate surface area is 175 Å². The summed E-state index contributed by atoms with van der Waals surface area (Å²) < 4.78 is 11.4. The number of benzene rings is 4. The summed E-state index contributed by atoms with van der Waals surface area (Å²) in [5.74, 6) is 1.62. The molecular formula is C25H22N2O3. The van der Waals surface area contributed by atoms with Crippen LogP contribution in [-0.2, 0) is 6.61 Å². The first-order valence-corrected chi connectivity index (χ1v) is 9.58. The number of anilines is 1. The third-order valence-electron chi connectivity index (χ3n) is 4.85. The van der Waals surface area contributed by atoms with Gasteiger partial charge in [-0.1, -0.05) is 42.5 Å². The fourth-order valence-electron chi connectivity index (χ4n) is 3.39. The Morgan fingerprint density at radius 1 is 0.900 bits per heavy atom. The van der Waals surface area contributed by atoms with Crippen LogP contribution in [0.15, 0.2) is 84.9 Å². The molecular weight excluding hydrogens is 376 g/mol. The summed E-state index contributed by atoms with van der Waals surface area (Å²) in [6.45, 7) is 0.449. The maximum atomic E-state index is 11.1. The number of primary amides is 1. The van der Waals surface area contributed by atoms with Gasteiger partial charge in [-0.15, -0.1) is 0 Å². The molecule has 4 aromatic rings. The van der Waals surface area contributed by atoms with Crippen molar-refractivity contribution in [2.75, 3.05) is 12.4 Å². The van der Waals surface area contributed by atoms with E-state index in [1.165, 1.54) is 0 Å². The van der Waals surface area contributed by atoms with E-state index in [2.05, 4.69) is 17.4 Å². The number of ether oxygens (including phenoxy) is 2. The van der Waals surface area contributed by atoms with E-state index in [9.17, 15) is 4.79 Å². The third kappa shape index (κ3) is 4.36. The fraction of sp³-hybridized carbons (Fsp3) is 0.0800. The summed E-state index contributed by atoms with van der Waals surface area (Å²) in [5.41, 5.74) is 9.17. The topological polar surface area (TPSA) is 73.6 Å². The number of nitrogens with one attached hydrogen (secondary N) is 1. The molecule has 0 heterocycles. The monoisotopic (exact) mass is 398 g/mol. The molecule has 0 saturated heterocycles. The van der Waals surface area contributed by atoms with Crippen LogP contribution in [0.1, 0.15) is 5.56 Å². The second-order valence-electron chi connectivity index (χ2n) is 6.90. The third-order valence-corrected chi connectivity index (χ3v) is 4.85.